The molecule has 0 atom stereocenters. The van der Waals surface area contributed by atoms with Crippen LogP contribution in [0.25, 0.3) is 10.8 Å². The van der Waals surface area contributed by atoms with Gasteiger partial charge in [-0.2, -0.15) is 0 Å². The van der Waals surface area contributed by atoms with Crippen LogP contribution in [0.1, 0.15) is 27.0 Å². The molecule has 1 aliphatic rings. The molecule has 4 aromatic carbocycles. The Morgan fingerprint density at radius 1 is 0.875 bits per heavy atom. The predicted molar refractivity (Wildman–Crippen MR) is 125 cm³/mol. The van der Waals surface area contributed by atoms with Crippen LogP contribution in [0.2, 0.25) is 0 Å². The summed E-state index contributed by atoms with van der Waals surface area (Å²) in [6, 6.07) is 28.6. The van der Waals surface area contributed by atoms with Crippen molar-refractivity contribution >= 4 is 34.0 Å². The highest BCUT2D eigenvalue weighted by Crippen LogP contribution is 2.32. The van der Waals surface area contributed by atoms with Gasteiger partial charge in [0.25, 0.3) is 5.91 Å². The summed E-state index contributed by atoms with van der Waals surface area (Å²) in [7, 11) is 0. The number of oxime groups is 1. The van der Waals surface area contributed by atoms with Crippen molar-refractivity contribution in [1.82, 2.24) is 0 Å². The lowest BCUT2D eigenvalue weighted by Gasteiger charge is -2.18. The average Bonchev–Trinajstić information content (AvgIpc) is 3.09. The van der Waals surface area contributed by atoms with E-state index in [1.165, 1.54) is 0 Å². The van der Waals surface area contributed by atoms with Crippen molar-refractivity contribution in [2.75, 3.05) is 4.90 Å². The fourth-order valence-corrected chi connectivity index (χ4v) is 3.94. The van der Waals surface area contributed by atoms with E-state index in [0.29, 0.717) is 17.7 Å². The number of para-hydroxylation sites is 1. The Kier molecular flexibility index (Phi) is 5.00. The molecule has 0 bridgehead atoms. The van der Waals surface area contributed by atoms with Crippen LogP contribution in [0.4, 0.5) is 5.69 Å². The number of aryl methyl sites for hydroxylation is 1. The maximum Gasteiger partial charge on any atom is 0.365 e. The predicted octanol–water partition coefficient (Wildman–Crippen LogP) is 5.26. The summed E-state index contributed by atoms with van der Waals surface area (Å²) in [5.74, 6) is -0.897. The molecule has 0 radical (unpaired) electrons. The Morgan fingerprint density at radius 2 is 1.59 bits per heavy atom. The number of anilines is 1. The minimum Gasteiger partial charge on any atom is -0.312 e. The van der Waals surface area contributed by atoms with Crippen LogP contribution in [-0.2, 0) is 16.2 Å². The van der Waals surface area contributed by atoms with Crippen LogP contribution in [0, 0.1) is 6.92 Å². The van der Waals surface area contributed by atoms with Gasteiger partial charge in [-0.25, -0.2) is 4.79 Å². The van der Waals surface area contributed by atoms with Crippen molar-refractivity contribution in [3.05, 3.63) is 113 Å². The number of hydrogen-bond acceptors (Lipinski definition) is 4. The number of carbonyl (C=O) groups is 2. The highest BCUT2D eigenvalue weighted by atomic mass is 16.7. The molecule has 1 heterocycles. The Morgan fingerprint density at radius 3 is 2.44 bits per heavy atom. The van der Waals surface area contributed by atoms with E-state index >= 15 is 0 Å². The third kappa shape index (κ3) is 3.54. The summed E-state index contributed by atoms with van der Waals surface area (Å²) in [5, 5.41) is 6.18. The largest absolute Gasteiger partial charge is 0.365 e. The number of nitrogens with zero attached hydrogens (tertiary/aromatic N) is 2. The first-order valence-corrected chi connectivity index (χ1v) is 10.4. The Labute approximate surface area is 185 Å². The maximum atomic E-state index is 13.3. The van der Waals surface area contributed by atoms with Gasteiger partial charge >= 0.3 is 5.97 Å². The minimum absolute atomic E-state index is 0.126. The van der Waals surface area contributed by atoms with Crippen LogP contribution in [0.5, 0.6) is 0 Å². The first-order chi connectivity index (χ1) is 15.6. The lowest BCUT2D eigenvalue weighted by atomic mass is 10.0. The van der Waals surface area contributed by atoms with E-state index in [0.717, 1.165) is 27.6 Å². The van der Waals surface area contributed by atoms with Crippen molar-refractivity contribution in [1.29, 1.82) is 0 Å². The molecule has 0 N–H and O–H groups in total. The quantitative estimate of drug-likeness (QED) is 0.334. The second-order valence-corrected chi connectivity index (χ2v) is 7.73. The standard InChI is InChI=1S/C27H20N2O3/c1-18-13-15-20(16-14-18)27(31)32-28-25-23-11-4-5-12-24(23)29(26(25)30)17-21-9-6-8-19-7-2-3-10-22(19)21/h2-16H,17H2,1H3/b28-25+. The van der Waals surface area contributed by atoms with Crippen molar-refractivity contribution in [2.45, 2.75) is 13.5 Å². The molecule has 0 fully saturated rings. The molecule has 0 saturated carbocycles. The summed E-state index contributed by atoms with van der Waals surface area (Å²) >= 11 is 0. The maximum absolute atomic E-state index is 13.3. The molecule has 4 aromatic rings. The zero-order valence-electron chi connectivity index (χ0n) is 17.5. The summed E-state index contributed by atoms with van der Waals surface area (Å²) in [4.78, 5) is 32.5. The third-order valence-corrected chi connectivity index (χ3v) is 5.61. The molecule has 0 aromatic heterocycles. The molecule has 0 spiro atoms. The molecule has 5 nitrogen and oxygen atoms in total. The number of fused-ring (bicyclic) bond motifs is 2. The Balaban J connectivity index is 1.46. The van der Waals surface area contributed by atoms with Gasteiger partial charge in [0.1, 0.15) is 0 Å². The van der Waals surface area contributed by atoms with E-state index < -0.39 is 5.97 Å². The molecule has 0 aliphatic carbocycles. The van der Waals surface area contributed by atoms with Crippen LogP contribution in [0.3, 0.4) is 0 Å². The minimum atomic E-state index is -0.602. The topological polar surface area (TPSA) is 59.0 Å². The van der Waals surface area contributed by atoms with Gasteiger partial charge in [-0.05, 0) is 41.5 Å². The molecule has 0 unspecified atom stereocenters. The molecule has 32 heavy (non-hydrogen) atoms. The summed E-state index contributed by atoms with van der Waals surface area (Å²) in [5.41, 5.74) is 3.97. The average molecular weight is 420 g/mol. The van der Waals surface area contributed by atoms with Crippen molar-refractivity contribution in [2.24, 2.45) is 5.16 Å². The lowest BCUT2D eigenvalue weighted by molar-refractivity contribution is -0.112. The molecular weight excluding hydrogens is 400 g/mol. The van der Waals surface area contributed by atoms with E-state index in [-0.39, 0.29) is 11.6 Å². The molecular formula is C27H20N2O3. The van der Waals surface area contributed by atoms with Gasteiger partial charge in [-0.15, -0.1) is 0 Å². The fraction of sp³-hybridized carbons (Fsp3) is 0.0741. The van der Waals surface area contributed by atoms with Gasteiger partial charge in [0.15, 0.2) is 5.71 Å². The fourth-order valence-electron chi connectivity index (χ4n) is 3.94. The SMILES string of the molecule is Cc1ccc(C(=O)O/N=C2/C(=O)N(Cc3cccc4ccccc34)c3ccccc32)cc1. The molecule has 156 valence electrons. The molecule has 1 amide bonds. The van der Waals surface area contributed by atoms with Gasteiger partial charge in [0.2, 0.25) is 0 Å². The van der Waals surface area contributed by atoms with E-state index in [1.54, 1.807) is 17.0 Å². The number of amides is 1. The van der Waals surface area contributed by atoms with Crippen molar-refractivity contribution < 1.29 is 14.4 Å². The van der Waals surface area contributed by atoms with Crippen LogP contribution in [0.15, 0.2) is 96.2 Å². The highest BCUT2D eigenvalue weighted by molar-refractivity contribution is 6.54. The van der Waals surface area contributed by atoms with E-state index in [9.17, 15) is 9.59 Å². The van der Waals surface area contributed by atoms with Crippen LogP contribution >= 0.6 is 0 Å². The number of rotatable bonds is 4. The molecule has 5 rings (SSSR count). The Bertz CT molecular complexity index is 1370. The second-order valence-electron chi connectivity index (χ2n) is 7.73. The van der Waals surface area contributed by atoms with Gasteiger partial charge in [0.05, 0.1) is 17.8 Å². The summed E-state index contributed by atoms with van der Waals surface area (Å²) < 4.78 is 0. The summed E-state index contributed by atoms with van der Waals surface area (Å²) in [6.07, 6.45) is 0. The number of benzene rings is 4. The lowest BCUT2D eigenvalue weighted by Crippen LogP contribution is -2.30. The number of carbonyl (C=O) groups excluding carboxylic acids is 2. The second kappa shape index (κ2) is 8.12. The molecule has 1 aliphatic heterocycles. The third-order valence-electron chi connectivity index (χ3n) is 5.61. The highest BCUT2D eigenvalue weighted by Gasteiger charge is 2.35. The van der Waals surface area contributed by atoms with Gasteiger partial charge in [0, 0.05) is 5.56 Å². The zero-order valence-corrected chi connectivity index (χ0v) is 17.5. The summed E-state index contributed by atoms with van der Waals surface area (Å²) in [6.45, 7) is 2.33. The number of hydrogen-bond donors (Lipinski definition) is 0. The molecule has 0 saturated heterocycles. The normalized spacial score (nSPS) is 14.1. The van der Waals surface area contributed by atoms with E-state index in [4.69, 9.17) is 4.84 Å². The van der Waals surface area contributed by atoms with Crippen LogP contribution < -0.4 is 4.90 Å². The van der Waals surface area contributed by atoms with Gasteiger partial charge < -0.3 is 9.74 Å². The molecule has 5 heteroatoms. The van der Waals surface area contributed by atoms with Crippen molar-refractivity contribution in [3.63, 3.8) is 0 Å². The van der Waals surface area contributed by atoms with Crippen molar-refractivity contribution in [3.8, 4) is 0 Å². The van der Waals surface area contributed by atoms with E-state index in [1.807, 2.05) is 67.6 Å². The first-order valence-electron chi connectivity index (χ1n) is 10.4. The van der Waals surface area contributed by atoms with E-state index in [2.05, 4.69) is 23.4 Å². The smallest absolute Gasteiger partial charge is 0.312 e. The first kappa shape index (κ1) is 19.7. The van der Waals surface area contributed by atoms with Crippen LogP contribution in [-0.4, -0.2) is 17.6 Å². The van der Waals surface area contributed by atoms with Gasteiger partial charge in [-0.3, -0.25) is 4.79 Å². The Hall–Kier alpha value is -4.25. The van der Waals surface area contributed by atoms with Gasteiger partial charge in [-0.1, -0.05) is 83.5 Å². The zero-order chi connectivity index (χ0) is 22.1. The monoisotopic (exact) mass is 420 g/mol.